The summed E-state index contributed by atoms with van der Waals surface area (Å²) >= 11 is 0. The summed E-state index contributed by atoms with van der Waals surface area (Å²) in [5.41, 5.74) is 1.79. The van der Waals surface area contributed by atoms with Crippen LogP contribution in [0.1, 0.15) is 42.1 Å². The summed E-state index contributed by atoms with van der Waals surface area (Å²) < 4.78 is 6.85. The van der Waals surface area contributed by atoms with Gasteiger partial charge in [0.05, 0.1) is 12.2 Å². The first-order valence-corrected chi connectivity index (χ1v) is 8.23. The van der Waals surface area contributed by atoms with Gasteiger partial charge in [0.25, 0.3) is 5.56 Å². The molecular weight excluding hydrogens is 318 g/mol. The summed E-state index contributed by atoms with van der Waals surface area (Å²) in [5.74, 6) is 1.02. The molecule has 6 heteroatoms. The van der Waals surface area contributed by atoms with E-state index in [1.54, 1.807) is 13.8 Å². The van der Waals surface area contributed by atoms with Gasteiger partial charge in [-0.05, 0) is 37.0 Å². The Morgan fingerprint density at radius 3 is 2.64 bits per heavy atom. The van der Waals surface area contributed by atoms with Gasteiger partial charge in [0.15, 0.2) is 0 Å². The van der Waals surface area contributed by atoms with Crippen LogP contribution in [-0.2, 0) is 6.54 Å². The van der Waals surface area contributed by atoms with Gasteiger partial charge in [-0.15, -0.1) is 0 Å². The second kappa shape index (κ2) is 7.95. The number of aryl methyl sites for hydroxylation is 1. The predicted octanol–water partition coefficient (Wildman–Crippen LogP) is 2.30. The molecule has 0 bridgehead atoms. The molecule has 132 valence electrons. The highest BCUT2D eigenvalue weighted by atomic mass is 16.5. The van der Waals surface area contributed by atoms with E-state index in [0.29, 0.717) is 17.2 Å². The Bertz CT molecular complexity index is 850. The normalized spacial score (nSPS) is 12.0. The van der Waals surface area contributed by atoms with E-state index < -0.39 is 11.7 Å². The van der Waals surface area contributed by atoms with Crippen LogP contribution in [0.4, 0.5) is 0 Å². The first kappa shape index (κ1) is 18.7. The molecule has 0 unspecified atom stereocenters. The topological polar surface area (TPSA) is 88.1 Å². The van der Waals surface area contributed by atoms with Gasteiger partial charge in [0.2, 0.25) is 0 Å². The zero-order valence-electron chi connectivity index (χ0n) is 15.0. The number of ether oxygens (including phenoxy) is 1. The van der Waals surface area contributed by atoms with E-state index in [9.17, 15) is 9.90 Å². The molecule has 25 heavy (non-hydrogen) atoms. The van der Waals surface area contributed by atoms with Crippen molar-refractivity contribution in [3.8, 4) is 11.8 Å². The van der Waals surface area contributed by atoms with Crippen molar-refractivity contribution in [1.29, 1.82) is 5.26 Å². The molecule has 0 aliphatic heterocycles. The van der Waals surface area contributed by atoms with Crippen LogP contribution in [0.5, 0.6) is 5.75 Å². The number of aliphatic hydroxyl groups is 1. The highest BCUT2D eigenvalue weighted by molar-refractivity contribution is 5.36. The first-order valence-electron chi connectivity index (χ1n) is 8.23. The molecule has 0 fully saturated rings. The van der Waals surface area contributed by atoms with Gasteiger partial charge < -0.3 is 9.84 Å². The van der Waals surface area contributed by atoms with Crippen molar-refractivity contribution in [2.75, 3.05) is 6.61 Å². The van der Waals surface area contributed by atoms with E-state index in [2.05, 4.69) is 18.9 Å². The fourth-order valence-corrected chi connectivity index (χ4v) is 2.55. The highest BCUT2D eigenvalue weighted by Crippen LogP contribution is 2.25. The van der Waals surface area contributed by atoms with Crippen LogP contribution in [0.3, 0.4) is 0 Å². The van der Waals surface area contributed by atoms with Crippen molar-refractivity contribution in [3.63, 3.8) is 0 Å². The summed E-state index contributed by atoms with van der Waals surface area (Å²) in [4.78, 5) is 12.3. The van der Waals surface area contributed by atoms with Crippen molar-refractivity contribution in [1.82, 2.24) is 9.78 Å². The zero-order valence-corrected chi connectivity index (χ0v) is 15.0. The fourth-order valence-electron chi connectivity index (χ4n) is 2.55. The van der Waals surface area contributed by atoms with E-state index >= 15 is 0 Å². The zero-order chi connectivity index (χ0) is 18.6. The SMILES string of the molecule is Cc1nn(C[C@H](O)COc2ccccc2C(C)C)c(=O)c(C#N)c1C. The number of hydrogen-bond acceptors (Lipinski definition) is 5. The molecule has 2 aromatic rings. The molecule has 0 aliphatic carbocycles. The highest BCUT2D eigenvalue weighted by Gasteiger charge is 2.15. The average molecular weight is 341 g/mol. The predicted molar refractivity (Wildman–Crippen MR) is 94.7 cm³/mol. The molecule has 1 N–H and O–H groups in total. The minimum absolute atomic E-state index is 0.0293. The van der Waals surface area contributed by atoms with Crippen LogP contribution >= 0.6 is 0 Å². The third-order valence-electron chi connectivity index (χ3n) is 4.10. The Hall–Kier alpha value is -2.65. The Morgan fingerprint density at radius 2 is 2.00 bits per heavy atom. The Kier molecular flexibility index (Phi) is 5.94. The maximum Gasteiger partial charge on any atom is 0.285 e. The first-order chi connectivity index (χ1) is 11.8. The van der Waals surface area contributed by atoms with Gasteiger partial charge in [-0.1, -0.05) is 32.0 Å². The molecule has 0 saturated carbocycles. The lowest BCUT2D eigenvalue weighted by Gasteiger charge is -2.17. The summed E-state index contributed by atoms with van der Waals surface area (Å²) in [5, 5.41) is 23.5. The third kappa shape index (κ3) is 4.25. The van der Waals surface area contributed by atoms with Crippen LogP contribution in [0.15, 0.2) is 29.1 Å². The molecule has 0 amide bonds. The number of nitriles is 1. The largest absolute Gasteiger partial charge is 0.491 e. The van der Waals surface area contributed by atoms with Gasteiger partial charge in [0.1, 0.15) is 30.1 Å². The average Bonchev–Trinajstić information content (AvgIpc) is 2.58. The van der Waals surface area contributed by atoms with Crippen molar-refractivity contribution in [2.45, 2.75) is 46.3 Å². The number of nitrogens with zero attached hydrogens (tertiary/aromatic N) is 3. The maximum absolute atomic E-state index is 12.3. The van der Waals surface area contributed by atoms with Gasteiger partial charge >= 0.3 is 0 Å². The summed E-state index contributed by atoms with van der Waals surface area (Å²) in [6.07, 6.45) is -0.918. The van der Waals surface area contributed by atoms with Crippen molar-refractivity contribution in [3.05, 3.63) is 57.0 Å². The third-order valence-corrected chi connectivity index (χ3v) is 4.10. The molecule has 1 atom stereocenters. The molecule has 0 saturated heterocycles. The lowest BCUT2D eigenvalue weighted by Crippen LogP contribution is -2.34. The lowest BCUT2D eigenvalue weighted by molar-refractivity contribution is 0.0872. The second-order valence-corrected chi connectivity index (χ2v) is 6.34. The molecule has 6 nitrogen and oxygen atoms in total. The van der Waals surface area contributed by atoms with Gasteiger partial charge in [-0.2, -0.15) is 10.4 Å². The number of benzene rings is 1. The van der Waals surface area contributed by atoms with Gasteiger partial charge in [-0.3, -0.25) is 4.79 Å². The van der Waals surface area contributed by atoms with Crippen molar-refractivity contribution < 1.29 is 9.84 Å². The lowest BCUT2D eigenvalue weighted by atomic mass is 10.0. The smallest absolute Gasteiger partial charge is 0.285 e. The Balaban J connectivity index is 2.12. The van der Waals surface area contributed by atoms with Gasteiger partial charge in [-0.25, -0.2) is 4.68 Å². The molecule has 0 radical (unpaired) electrons. The molecule has 1 aromatic carbocycles. The quantitative estimate of drug-likeness (QED) is 0.871. The number of para-hydroxylation sites is 1. The van der Waals surface area contributed by atoms with E-state index in [1.165, 1.54) is 0 Å². The molecular formula is C19H23N3O3. The van der Waals surface area contributed by atoms with Crippen LogP contribution in [-0.4, -0.2) is 27.6 Å². The standard InChI is InChI=1S/C19H23N3O3/c1-12(2)16-7-5-6-8-18(16)25-11-15(23)10-22-19(24)17(9-20)13(3)14(4)21-22/h5-8,12,15,23H,10-11H2,1-4H3/t15-/m0/s1. The Labute approximate surface area is 147 Å². The van der Waals surface area contributed by atoms with E-state index in [4.69, 9.17) is 10.00 Å². The maximum atomic E-state index is 12.3. The fraction of sp³-hybridized carbons (Fsp3) is 0.421. The van der Waals surface area contributed by atoms with Crippen LogP contribution in [0, 0.1) is 25.2 Å². The Morgan fingerprint density at radius 1 is 1.32 bits per heavy atom. The summed E-state index contributed by atoms with van der Waals surface area (Å²) in [6.45, 7) is 7.56. The van der Waals surface area contributed by atoms with Crippen molar-refractivity contribution in [2.24, 2.45) is 0 Å². The number of aliphatic hydroxyl groups excluding tert-OH is 1. The van der Waals surface area contributed by atoms with Crippen LogP contribution < -0.4 is 10.3 Å². The van der Waals surface area contributed by atoms with E-state index in [1.807, 2.05) is 30.3 Å². The molecule has 1 aromatic heterocycles. The number of aromatic nitrogens is 2. The molecule has 2 rings (SSSR count). The monoisotopic (exact) mass is 341 g/mol. The number of rotatable bonds is 6. The van der Waals surface area contributed by atoms with E-state index in [-0.39, 0.29) is 18.7 Å². The minimum atomic E-state index is -0.918. The van der Waals surface area contributed by atoms with Gasteiger partial charge in [0, 0.05) is 0 Å². The van der Waals surface area contributed by atoms with E-state index in [0.717, 1.165) is 16.0 Å². The summed E-state index contributed by atoms with van der Waals surface area (Å²) in [7, 11) is 0. The van der Waals surface area contributed by atoms with Crippen LogP contribution in [0.25, 0.3) is 0 Å². The second-order valence-electron chi connectivity index (χ2n) is 6.34. The molecule has 0 aliphatic rings. The summed E-state index contributed by atoms with van der Waals surface area (Å²) in [6, 6.07) is 9.58. The molecule has 1 heterocycles. The number of hydrogen-bond donors (Lipinski definition) is 1. The van der Waals surface area contributed by atoms with Crippen molar-refractivity contribution >= 4 is 0 Å². The molecule has 0 spiro atoms. The van der Waals surface area contributed by atoms with Crippen LogP contribution in [0.2, 0.25) is 0 Å². The minimum Gasteiger partial charge on any atom is -0.491 e.